The highest BCUT2D eigenvalue weighted by molar-refractivity contribution is 5.72. The third kappa shape index (κ3) is 2.16. The van der Waals surface area contributed by atoms with Crippen LogP contribution in [0.5, 0.6) is 5.75 Å². The maximum Gasteiger partial charge on any atom is 0.123 e. The first-order chi connectivity index (χ1) is 8.52. The first kappa shape index (κ1) is 12.4. The maximum atomic E-state index is 5.69. The molecule has 1 heterocycles. The monoisotopic (exact) mass is 242 g/mol. The van der Waals surface area contributed by atoms with Crippen LogP contribution in [0.3, 0.4) is 0 Å². The van der Waals surface area contributed by atoms with Gasteiger partial charge in [0.15, 0.2) is 0 Å². The van der Waals surface area contributed by atoms with Gasteiger partial charge < -0.3 is 10.5 Å². The minimum Gasteiger partial charge on any atom is -0.496 e. The average Bonchev–Trinajstić information content (AvgIpc) is 2.32. The van der Waals surface area contributed by atoms with Gasteiger partial charge in [-0.2, -0.15) is 0 Å². The highest BCUT2D eigenvalue weighted by Crippen LogP contribution is 2.31. The summed E-state index contributed by atoms with van der Waals surface area (Å²) in [4.78, 5) is 4.18. The molecule has 0 atom stereocenters. The minimum absolute atomic E-state index is 0.555. The summed E-state index contributed by atoms with van der Waals surface area (Å²) in [5.41, 5.74) is 11.4. The summed E-state index contributed by atoms with van der Waals surface area (Å²) in [7, 11) is 1.69. The lowest BCUT2D eigenvalue weighted by Crippen LogP contribution is -1.96. The number of aryl methyl sites for hydroxylation is 3. The number of benzene rings is 1. The third-order valence-electron chi connectivity index (χ3n) is 3.16. The number of rotatable bonds is 2. The molecule has 2 aromatic rings. The van der Waals surface area contributed by atoms with Gasteiger partial charge in [0.25, 0.3) is 0 Å². The largest absolute Gasteiger partial charge is 0.496 e. The number of nitrogen functional groups attached to an aromatic ring is 1. The lowest BCUT2D eigenvalue weighted by Gasteiger charge is -2.13. The number of ether oxygens (including phenoxy) is 1. The van der Waals surface area contributed by atoms with Crippen molar-refractivity contribution >= 4 is 5.82 Å². The van der Waals surface area contributed by atoms with E-state index in [1.807, 2.05) is 26.1 Å². The number of nitrogens with two attached hydrogens (primary N) is 1. The second-order valence-corrected chi connectivity index (χ2v) is 4.56. The van der Waals surface area contributed by atoms with E-state index in [9.17, 15) is 0 Å². The Balaban J connectivity index is 2.60. The van der Waals surface area contributed by atoms with E-state index in [1.165, 1.54) is 11.1 Å². The van der Waals surface area contributed by atoms with Crippen molar-refractivity contribution in [2.24, 2.45) is 0 Å². The van der Waals surface area contributed by atoms with Crippen LogP contribution in [-0.4, -0.2) is 12.1 Å². The van der Waals surface area contributed by atoms with Crippen molar-refractivity contribution in [1.82, 2.24) is 4.98 Å². The Hall–Kier alpha value is -2.03. The van der Waals surface area contributed by atoms with Gasteiger partial charge in [-0.25, -0.2) is 4.98 Å². The smallest absolute Gasteiger partial charge is 0.123 e. The normalized spacial score (nSPS) is 10.4. The topological polar surface area (TPSA) is 48.1 Å². The lowest BCUT2D eigenvalue weighted by atomic mass is 9.96. The predicted molar refractivity (Wildman–Crippen MR) is 74.8 cm³/mol. The van der Waals surface area contributed by atoms with E-state index < -0.39 is 0 Å². The second-order valence-electron chi connectivity index (χ2n) is 4.56. The molecule has 0 fully saturated rings. The van der Waals surface area contributed by atoms with Crippen LogP contribution >= 0.6 is 0 Å². The van der Waals surface area contributed by atoms with E-state index in [0.29, 0.717) is 5.82 Å². The Morgan fingerprint density at radius 3 is 2.22 bits per heavy atom. The van der Waals surface area contributed by atoms with E-state index in [1.54, 1.807) is 7.11 Å². The van der Waals surface area contributed by atoms with Gasteiger partial charge in [0, 0.05) is 11.8 Å². The molecule has 0 amide bonds. The molecule has 0 spiro atoms. The SMILES string of the molecule is COc1cc(C)c(-c2cnc(N)cc2C)cc1C. The van der Waals surface area contributed by atoms with Crippen molar-refractivity contribution < 1.29 is 4.74 Å². The highest BCUT2D eigenvalue weighted by Gasteiger charge is 2.09. The molecule has 0 saturated heterocycles. The fourth-order valence-corrected chi connectivity index (χ4v) is 2.16. The summed E-state index contributed by atoms with van der Waals surface area (Å²) in [6, 6.07) is 6.09. The van der Waals surface area contributed by atoms with Crippen LogP contribution in [0.1, 0.15) is 16.7 Å². The zero-order valence-corrected chi connectivity index (χ0v) is 11.2. The molecule has 0 aliphatic heterocycles. The third-order valence-corrected chi connectivity index (χ3v) is 3.16. The highest BCUT2D eigenvalue weighted by atomic mass is 16.5. The van der Waals surface area contributed by atoms with Crippen molar-refractivity contribution in [3.05, 3.63) is 41.1 Å². The fourth-order valence-electron chi connectivity index (χ4n) is 2.16. The molecule has 1 aromatic carbocycles. The van der Waals surface area contributed by atoms with Crippen LogP contribution in [0.4, 0.5) is 5.82 Å². The van der Waals surface area contributed by atoms with Gasteiger partial charge in [-0.1, -0.05) is 0 Å². The molecule has 18 heavy (non-hydrogen) atoms. The van der Waals surface area contributed by atoms with E-state index in [0.717, 1.165) is 22.4 Å². The van der Waals surface area contributed by atoms with E-state index in [2.05, 4.69) is 24.0 Å². The molecular weight excluding hydrogens is 224 g/mol. The Labute approximate surface area is 108 Å². The molecule has 2 rings (SSSR count). The van der Waals surface area contributed by atoms with Crippen LogP contribution in [0.25, 0.3) is 11.1 Å². The average molecular weight is 242 g/mol. The van der Waals surface area contributed by atoms with Gasteiger partial charge in [-0.3, -0.25) is 0 Å². The molecule has 94 valence electrons. The van der Waals surface area contributed by atoms with Crippen molar-refractivity contribution in [2.75, 3.05) is 12.8 Å². The standard InChI is InChI=1S/C15H18N2O/c1-9-6-14(18-4)11(3)5-12(9)13-8-17-15(16)7-10(13)2/h5-8H,1-4H3,(H2,16,17). The van der Waals surface area contributed by atoms with Crippen molar-refractivity contribution in [2.45, 2.75) is 20.8 Å². The van der Waals surface area contributed by atoms with Gasteiger partial charge in [-0.05, 0) is 61.2 Å². The summed E-state index contributed by atoms with van der Waals surface area (Å²) in [6.45, 7) is 6.17. The molecule has 0 saturated carbocycles. The number of pyridine rings is 1. The number of anilines is 1. The van der Waals surface area contributed by atoms with Crippen LogP contribution < -0.4 is 10.5 Å². The fraction of sp³-hybridized carbons (Fsp3) is 0.267. The predicted octanol–water partition coefficient (Wildman–Crippen LogP) is 3.26. The molecule has 0 aliphatic rings. The molecule has 0 bridgehead atoms. The van der Waals surface area contributed by atoms with E-state index in [4.69, 9.17) is 10.5 Å². The summed E-state index contributed by atoms with van der Waals surface area (Å²) >= 11 is 0. The van der Waals surface area contributed by atoms with Crippen molar-refractivity contribution in [3.8, 4) is 16.9 Å². The summed E-state index contributed by atoms with van der Waals surface area (Å²) in [6.07, 6.45) is 1.83. The maximum absolute atomic E-state index is 5.69. The zero-order chi connectivity index (χ0) is 13.3. The molecule has 0 unspecified atom stereocenters. The molecule has 0 radical (unpaired) electrons. The first-order valence-corrected chi connectivity index (χ1v) is 5.90. The molecular formula is C15H18N2O. The minimum atomic E-state index is 0.555. The Morgan fingerprint density at radius 2 is 1.61 bits per heavy atom. The number of methoxy groups -OCH3 is 1. The van der Waals surface area contributed by atoms with Gasteiger partial charge in [-0.15, -0.1) is 0 Å². The lowest BCUT2D eigenvalue weighted by molar-refractivity contribution is 0.411. The van der Waals surface area contributed by atoms with Gasteiger partial charge in [0.1, 0.15) is 11.6 Å². The van der Waals surface area contributed by atoms with Crippen LogP contribution in [0.15, 0.2) is 24.4 Å². The number of nitrogens with zero attached hydrogens (tertiary/aromatic N) is 1. The van der Waals surface area contributed by atoms with Gasteiger partial charge in [0.05, 0.1) is 7.11 Å². The van der Waals surface area contributed by atoms with Crippen LogP contribution in [0.2, 0.25) is 0 Å². The number of hydrogen-bond acceptors (Lipinski definition) is 3. The Morgan fingerprint density at radius 1 is 0.944 bits per heavy atom. The van der Waals surface area contributed by atoms with E-state index in [-0.39, 0.29) is 0 Å². The summed E-state index contributed by atoms with van der Waals surface area (Å²) < 4.78 is 5.33. The van der Waals surface area contributed by atoms with Crippen molar-refractivity contribution in [3.63, 3.8) is 0 Å². The number of aromatic nitrogens is 1. The zero-order valence-electron chi connectivity index (χ0n) is 11.2. The quantitative estimate of drug-likeness (QED) is 0.879. The molecule has 1 aromatic heterocycles. The summed E-state index contributed by atoms with van der Waals surface area (Å²) in [5.74, 6) is 1.47. The van der Waals surface area contributed by atoms with Crippen LogP contribution in [0, 0.1) is 20.8 Å². The Bertz CT molecular complexity index is 591. The van der Waals surface area contributed by atoms with Gasteiger partial charge in [0.2, 0.25) is 0 Å². The van der Waals surface area contributed by atoms with Gasteiger partial charge >= 0.3 is 0 Å². The molecule has 3 nitrogen and oxygen atoms in total. The van der Waals surface area contributed by atoms with E-state index >= 15 is 0 Å². The molecule has 3 heteroatoms. The summed E-state index contributed by atoms with van der Waals surface area (Å²) in [5, 5.41) is 0. The van der Waals surface area contributed by atoms with Crippen LogP contribution in [-0.2, 0) is 0 Å². The number of hydrogen-bond donors (Lipinski definition) is 1. The molecule has 2 N–H and O–H groups in total. The molecule has 0 aliphatic carbocycles. The Kier molecular flexibility index (Phi) is 3.24. The van der Waals surface area contributed by atoms with Crippen molar-refractivity contribution in [1.29, 1.82) is 0 Å². The second kappa shape index (κ2) is 4.69. The first-order valence-electron chi connectivity index (χ1n) is 5.90.